The molecule has 108 valence electrons. The van der Waals surface area contributed by atoms with E-state index in [0.29, 0.717) is 5.56 Å². The van der Waals surface area contributed by atoms with Crippen LogP contribution in [0, 0.1) is 0 Å². The number of hydrogen-bond donors (Lipinski definition) is 1. The van der Waals surface area contributed by atoms with Crippen molar-refractivity contribution in [3.63, 3.8) is 0 Å². The molecule has 1 N–H and O–H groups in total. The number of benzene rings is 1. The molecule has 0 bridgehead atoms. The maximum absolute atomic E-state index is 11.8. The summed E-state index contributed by atoms with van der Waals surface area (Å²) in [4.78, 5) is 22.7. The zero-order valence-electron chi connectivity index (χ0n) is 11.0. The van der Waals surface area contributed by atoms with Crippen LogP contribution in [0.25, 0.3) is 0 Å². The van der Waals surface area contributed by atoms with Gasteiger partial charge >= 0.3 is 11.9 Å². The van der Waals surface area contributed by atoms with Gasteiger partial charge in [0, 0.05) is 13.3 Å². The molecule has 1 aliphatic rings. The molecule has 0 spiro atoms. The number of esters is 2. The maximum Gasteiger partial charge on any atom is 0.338 e. The molecule has 20 heavy (non-hydrogen) atoms. The molecule has 0 unspecified atom stereocenters. The molecule has 1 aromatic rings. The lowest BCUT2D eigenvalue weighted by atomic mass is 10.2. The Morgan fingerprint density at radius 2 is 2.05 bits per heavy atom. The predicted molar refractivity (Wildman–Crippen MR) is 67.8 cm³/mol. The number of aliphatic hydroxyl groups is 1. The molecule has 1 saturated heterocycles. The van der Waals surface area contributed by atoms with Crippen molar-refractivity contribution in [1.82, 2.24) is 0 Å². The van der Waals surface area contributed by atoms with Crippen LogP contribution < -0.4 is 0 Å². The Bertz CT molecular complexity index is 472. The SMILES string of the molecule is CC(=O)O[C@@H]1C[C@H](O)O[C@H]1COC(=O)c1ccccc1. The van der Waals surface area contributed by atoms with Crippen molar-refractivity contribution in [2.45, 2.75) is 31.8 Å². The van der Waals surface area contributed by atoms with Gasteiger partial charge in [-0.25, -0.2) is 4.79 Å². The van der Waals surface area contributed by atoms with E-state index >= 15 is 0 Å². The van der Waals surface area contributed by atoms with Crippen molar-refractivity contribution in [1.29, 1.82) is 0 Å². The van der Waals surface area contributed by atoms with Crippen molar-refractivity contribution >= 4 is 11.9 Å². The molecule has 3 atom stereocenters. The van der Waals surface area contributed by atoms with Gasteiger partial charge in [0.2, 0.25) is 0 Å². The minimum Gasteiger partial charge on any atom is -0.459 e. The Balaban J connectivity index is 1.89. The highest BCUT2D eigenvalue weighted by Crippen LogP contribution is 2.22. The Kier molecular flexibility index (Phi) is 4.70. The molecule has 6 heteroatoms. The number of carbonyl (C=O) groups excluding carboxylic acids is 2. The third-order valence-corrected chi connectivity index (χ3v) is 2.89. The minimum absolute atomic E-state index is 0.0806. The van der Waals surface area contributed by atoms with Crippen LogP contribution in [0.4, 0.5) is 0 Å². The molecule has 1 aliphatic heterocycles. The molecule has 1 aromatic carbocycles. The standard InChI is InChI=1S/C14H16O6/c1-9(15)19-11-7-13(16)20-12(11)8-18-14(17)10-5-3-2-4-6-10/h2-6,11-13,16H,7-8H2,1H3/t11-,12+,13-/m1/s1. The minimum atomic E-state index is -1.01. The smallest absolute Gasteiger partial charge is 0.338 e. The van der Waals surface area contributed by atoms with E-state index in [0.717, 1.165) is 0 Å². The lowest BCUT2D eigenvalue weighted by molar-refractivity contribution is -0.151. The predicted octanol–water partition coefficient (Wildman–Crippen LogP) is 0.882. The van der Waals surface area contributed by atoms with Crippen LogP contribution in [0.15, 0.2) is 30.3 Å². The van der Waals surface area contributed by atoms with E-state index in [1.165, 1.54) is 6.92 Å². The molecule has 0 saturated carbocycles. The number of ether oxygens (including phenoxy) is 3. The Morgan fingerprint density at radius 1 is 1.35 bits per heavy atom. The number of aliphatic hydroxyl groups excluding tert-OH is 1. The van der Waals surface area contributed by atoms with Gasteiger partial charge in [-0.3, -0.25) is 4.79 Å². The highest BCUT2D eigenvalue weighted by Gasteiger charge is 2.37. The van der Waals surface area contributed by atoms with Gasteiger partial charge in [0.15, 0.2) is 6.29 Å². The summed E-state index contributed by atoms with van der Waals surface area (Å²) in [5, 5.41) is 9.41. The van der Waals surface area contributed by atoms with Crippen LogP contribution >= 0.6 is 0 Å². The van der Waals surface area contributed by atoms with Crippen molar-refractivity contribution in [2.75, 3.05) is 6.61 Å². The first-order valence-electron chi connectivity index (χ1n) is 6.29. The molecule has 1 heterocycles. The van der Waals surface area contributed by atoms with Crippen LogP contribution in [0.3, 0.4) is 0 Å². The van der Waals surface area contributed by atoms with Gasteiger partial charge in [-0.15, -0.1) is 0 Å². The van der Waals surface area contributed by atoms with Crippen LogP contribution in [0.2, 0.25) is 0 Å². The summed E-state index contributed by atoms with van der Waals surface area (Å²) in [5.41, 5.74) is 0.426. The first-order valence-corrected chi connectivity index (χ1v) is 6.29. The summed E-state index contributed by atoms with van der Waals surface area (Å²) in [7, 11) is 0. The molecule has 1 fully saturated rings. The topological polar surface area (TPSA) is 82.1 Å². The number of carbonyl (C=O) groups is 2. The van der Waals surface area contributed by atoms with E-state index < -0.39 is 30.4 Å². The molecule has 2 rings (SSSR count). The summed E-state index contributed by atoms with van der Waals surface area (Å²) in [6, 6.07) is 8.53. The highest BCUT2D eigenvalue weighted by atomic mass is 16.7. The van der Waals surface area contributed by atoms with Crippen molar-refractivity contribution in [3.05, 3.63) is 35.9 Å². The quantitative estimate of drug-likeness (QED) is 0.825. The summed E-state index contributed by atoms with van der Waals surface area (Å²) in [6.45, 7) is 1.19. The Morgan fingerprint density at radius 3 is 2.70 bits per heavy atom. The van der Waals surface area contributed by atoms with Crippen LogP contribution in [-0.2, 0) is 19.0 Å². The molecular formula is C14H16O6. The molecule has 0 aliphatic carbocycles. The van der Waals surface area contributed by atoms with E-state index in [2.05, 4.69) is 0 Å². The summed E-state index contributed by atoms with van der Waals surface area (Å²) in [5.74, 6) is -0.954. The molecule has 6 nitrogen and oxygen atoms in total. The Labute approximate surface area is 116 Å². The Hall–Kier alpha value is -1.92. The van der Waals surface area contributed by atoms with Crippen LogP contribution in [-0.4, -0.2) is 42.1 Å². The average molecular weight is 280 g/mol. The monoisotopic (exact) mass is 280 g/mol. The molecule has 0 amide bonds. The second kappa shape index (κ2) is 6.49. The first-order chi connectivity index (χ1) is 9.56. The van der Waals surface area contributed by atoms with E-state index in [-0.39, 0.29) is 13.0 Å². The number of rotatable bonds is 4. The summed E-state index contributed by atoms with van der Waals surface area (Å²) < 4.78 is 15.3. The lowest BCUT2D eigenvalue weighted by Crippen LogP contribution is -2.31. The second-order valence-electron chi connectivity index (χ2n) is 4.48. The fourth-order valence-electron chi connectivity index (χ4n) is 1.99. The molecule has 0 radical (unpaired) electrons. The average Bonchev–Trinajstić information content (AvgIpc) is 2.76. The lowest BCUT2D eigenvalue weighted by Gasteiger charge is -2.17. The zero-order valence-corrected chi connectivity index (χ0v) is 11.0. The van der Waals surface area contributed by atoms with Crippen molar-refractivity contribution in [2.24, 2.45) is 0 Å². The van der Waals surface area contributed by atoms with E-state index in [1.807, 2.05) is 0 Å². The maximum atomic E-state index is 11.8. The molecule has 0 aromatic heterocycles. The van der Waals surface area contributed by atoms with E-state index in [9.17, 15) is 14.7 Å². The van der Waals surface area contributed by atoms with Gasteiger partial charge in [0.25, 0.3) is 0 Å². The summed E-state index contributed by atoms with van der Waals surface area (Å²) >= 11 is 0. The third-order valence-electron chi connectivity index (χ3n) is 2.89. The number of hydrogen-bond acceptors (Lipinski definition) is 6. The van der Waals surface area contributed by atoms with E-state index in [1.54, 1.807) is 30.3 Å². The van der Waals surface area contributed by atoms with E-state index in [4.69, 9.17) is 14.2 Å². The fourth-order valence-corrected chi connectivity index (χ4v) is 1.99. The van der Waals surface area contributed by atoms with Gasteiger partial charge in [-0.2, -0.15) is 0 Å². The van der Waals surface area contributed by atoms with Crippen molar-refractivity contribution < 1.29 is 28.9 Å². The van der Waals surface area contributed by atoms with Gasteiger partial charge in [0.05, 0.1) is 5.56 Å². The largest absolute Gasteiger partial charge is 0.459 e. The zero-order chi connectivity index (χ0) is 14.5. The van der Waals surface area contributed by atoms with Crippen LogP contribution in [0.5, 0.6) is 0 Å². The highest BCUT2D eigenvalue weighted by molar-refractivity contribution is 5.89. The fraction of sp³-hybridized carbons (Fsp3) is 0.429. The van der Waals surface area contributed by atoms with Crippen LogP contribution in [0.1, 0.15) is 23.7 Å². The normalized spacial score (nSPS) is 25.2. The van der Waals surface area contributed by atoms with Gasteiger partial charge < -0.3 is 19.3 Å². The second-order valence-corrected chi connectivity index (χ2v) is 4.48. The van der Waals surface area contributed by atoms with Crippen molar-refractivity contribution in [3.8, 4) is 0 Å². The van der Waals surface area contributed by atoms with Gasteiger partial charge in [-0.05, 0) is 12.1 Å². The van der Waals surface area contributed by atoms with Gasteiger partial charge in [-0.1, -0.05) is 18.2 Å². The first kappa shape index (κ1) is 14.5. The third kappa shape index (κ3) is 3.79. The summed E-state index contributed by atoms with van der Waals surface area (Å²) in [6.07, 6.45) is -2.10. The van der Waals surface area contributed by atoms with Gasteiger partial charge in [0.1, 0.15) is 18.8 Å². The molecular weight excluding hydrogens is 264 g/mol.